The van der Waals surface area contributed by atoms with Gasteiger partial charge in [0.2, 0.25) is 17.7 Å². The Labute approximate surface area is 173 Å². The van der Waals surface area contributed by atoms with Gasteiger partial charge in [0, 0.05) is 6.42 Å². The van der Waals surface area contributed by atoms with Crippen LogP contribution in [0.5, 0.6) is 0 Å². The van der Waals surface area contributed by atoms with Gasteiger partial charge in [-0.15, -0.1) is 0 Å². The number of amides is 5. The number of nitrogens with one attached hydrogen (secondary N) is 3. The van der Waals surface area contributed by atoms with E-state index in [2.05, 4.69) is 16.0 Å². The van der Waals surface area contributed by atoms with Gasteiger partial charge in [-0.25, -0.2) is 9.59 Å². The number of primary amides is 1. The number of hydrogen-bond donors (Lipinski definition) is 5. The first-order chi connectivity index (χ1) is 14.1. The van der Waals surface area contributed by atoms with Crippen LogP contribution in [0.25, 0.3) is 0 Å². The van der Waals surface area contributed by atoms with E-state index in [4.69, 9.17) is 5.73 Å². The molecular weight excluding hydrogens is 394 g/mol. The Morgan fingerprint density at radius 1 is 1.20 bits per heavy atom. The van der Waals surface area contributed by atoms with Crippen LogP contribution in [0.15, 0.2) is 24.3 Å². The van der Waals surface area contributed by atoms with Crippen molar-refractivity contribution >= 4 is 41.1 Å². The fourth-order valence-electron chi connectivity index (χ4n) is 2.97. The molecule has 0 unspecified atom stereocenters. The number of aliphatic carboxylic acids is 1. The summed E-state index contributed by atoms with van der Waals surface area (Å²) in [6, 6.07) is 3.66. The lowest BCUT2D eigenvalue weighted by Gasteiger charge is -2.31. The van der Waals surface area contributed by atoms with Crippen molar-refractivity contribution in [2.24, 2.45) is 11.7 Å². The molecule has 6 N–H and O–H groups in total. The number of urea groups is 1. The first-order valence-electron chi connectivity index (χ1n) is 9.38. The lowest BCUT2D eigenvalue weighted by molar-refractivity contribution is -0.142. The number of nitrogens with zero attached hydrogens (tertiary/aromatic N) is 1. The van der Waals surface area contributed by atoms with Crippen molar-refractivity contribution in [3.05, 3.63) is 24.3 Å². The second-order valence-corrected chi connectivity index (χ2v) is 7.23. The second-order valence-electron chi connectivity index (χ2n) is 7.23. The summed E-state index contributed by atoms with van der Waals surface area (Å²) >= 11 is 0. The Bertz CT molecular complexity index is 856. The molecule has 0 bridgehead atoms. The molecule has 0 radical (unpaired) electrons. The van der Waals surface area contributed by atoms with Crippen LogP contribution in [0.4, 0.5) is 16.2 Å². The van der Waals surface area contributed by atoms with Gasteiger partial charge in [0.05, 0.1) is 11.4 Å². The van der Waals surface area contributed by atoms with Crippen LogP contribution in [-0.2, 0) is 19.2 Å². The zero-order chi connectivity index (χ0) is 22.4. The van der Waals surface area contributed by atoms with Gasteiger partial charge in [-0.2, -0.15) is 0 Å². The van der Waals surface area contributed by atoms with Crippen LogP contribution >= 0.6 is 0 Å². The molecule has 0 aliphatic carbocycles. The van der Waals surface area contributed by atoms with E-state index < -0.39 is 35.9 Å². The van der Waals surface area contributed by atoms with Crippen molar-refractivity contribution in [3.8, 4) is 0 Å². The maximum atomic E-state index is 12.8. The molecular formula is C19H25N5O6. The number of carboxylic acid groups (broad SMARTS) is 1. The van der Waals surface area contributed by atoms with Crippen molar-refractivity contribution in [1.29, 1.82) is 0 Å². The molecule has 0 aromatic heterocycles. The lowest BCUT2D eigenvalue weighted by atomic mass is 10.0. The minimum atomic E-state index is -1.33. The molecule has 11 nitrogen and oxygen atoms in total. The zero-order valence-electron chi connectivity index (χ0n) is 16.7. The van der Waals surface area contributed by atoms with E-state index in [1.54, 1.807) is 38.1 Å². The number of anilines is 2. The van der Waals surface area contributed by atoms with Gasteiger partial charge in [-0.1, -0.05) is 26.0 Å². The summed E-state index contributed by atoms with van der Waals surface area (Å²) in [6.45, 7) is 3.13. The molecule has 5 amide bonds. The molecule has 1 aromatic rings. The van der Waals surface area contributed by atoms with Gasteiger partial charge in [0.15, 0.2) is 0 Å². The zero-order valence-corrected chi connectivity index (χ0v) is 16.7. The van der Waals surface area contributed by atoms with Crippen LogP contribution in [0.2, 0.25) is 0 Å². The van der Waals surface area contributed by atoms with Crippen molar-refractivity contribution in [3.63, 3.8) is 0 Å². The molecule has 1 aromatic carbocycles. The molecule has 162 valence electrons. The maximum Gasteiger partial charge on any atom is 0.326 e. The second kappa shape index (κ2) is 9.72. The highest BCUT2D eigenvalue weighted by atomic mass is 16.4. The number of rotatable bonds is 8. The fraction of sp³-hybridized carbons (Fsp3) is 0.421. The molecule has 2 atom stereocenters. The third-order valence-corrected chi connectivity index (χ3v) is 4.54. The van der Waals surface area contributed by atoms with Gasteiger partial charge >= 0.3 is 12.0 Å². The number of carbonyl (C=O) groups excluding carboxylic acids is 4. The molecule has 30 heavy (non-hydrogen) atoms. The largest absolute Gasteiger partial charge is 0.480 e. The average Bonchev–Trinajstić information content (AvgIpc) is 2.67. The lowest BCUT2D eigenvalue weighted by Crippen LogP contribution is -2.57. The van der Waals surface area contributed by atoms with E-state index >= 15 is 0 Å². The molecule has 0 saturated carbocycles. The van der Waals surface area contributed by atoms with E-state index in [1.807, 2.05) is 0 Å². The summed E-state index contributed by atoms with van der Waals surface area (Å²) in [6.07, 6.45) is -0.384. The normalized spacial score (nSPS) is 14.9. The Morgan fingerprint density at radius 2 is 1.87 bits per heavy atom. The maximum absolute atomic E-state index is 12.8. The smallest absolute Gasteiger partial charge is 0.326 e. The number of benzene rings is 1. The SMILES string of the molecule is CC(C)[C@H](NC(=O)N1CC(=O)Nc2ccccc21)C(=O)N[C@@H](CCC(N)=O)C(=O)O. The predicted octanol–water partition coefficient (Wildman–Crippen LogP) is 0.0142. The van der Waals surface area contributed by atoms with Crippen LogP contribution < -0.4 is 26.6 Å². The monoisotopic (exact) mass is 419 g/mol. The summed E-state index contributed by atoms with van der Waals surface area (Å²) in [5.74, 6) is -3.49. The molecule has 2 rings (SSSR count). The Balaban J connectivity index is 2.14. The van der Waals surface area contributed by atoms with Crippen molar-refractivity contribution in [2.45, 2.75) is 38.8 Å². The van der Waals surface area contributed by atoms with E-state index in [0.29, 0.717) is 11.4 Å². The number of fused-ring (bicyclic) bond motifs is 1. The summed E-state index contributed by atoms with van der Waals surface area (Å²) in [7, 11) is 0. The highest BCUT2D eigenvalue weighted by molar-refractivity contribution is 6.10. The van der Waals surface area contributed by atoms with Crippen LogP contribution in [-0.4, -0.2) is 53.5 Å². The van der Waals surface area contributed by atoms with Crippen LogP contribution in [0.3, 0.4) is 0 Å². The van der Waals surface area contributed by atoms with Gasteiger partial charge in [0.1, 0.15) is 18.6 Å². The van der Waals surface area contributed by atoms with Crippen LogP contribution in [0.1, 0.15) is 26.7 Å². The summed E-state index contributed by atoms with van der Waals surface area (Å²) in [5, 5.41) is 16.8. The molecule has 11 heteroatoms. The topological polar surface area (TPSA) is 171 Å². The van der Waals surface area contributed by atoms with Gasteiger partial charge in [-0.05, 0) is 24.5 Å². The summed E-state index contributed by atoms with van der Waals surface area (Å²) < 4.78 is 0. The average molecular weight is 419 g/mol. The van der Waals surface area contributed by atoms with Crippen molar-refractivity contribution in [2.75, 3.05) is 16.8 Å². The number of nitrogens with two attached hydrogens (primary N) is 1. The Kier molecular flexibility index (Phi) is 7.34. The standard InChI is InChI=1S/C19H25N5O6/c1-10(2)16(17(27)22-12(18(28)29)7-8-14(20)25)23-19(30)24-9-15(26)21-11-5-3-4-6-13(11)24/h3-6,10,12,16H,7-9H2,1-2H3,(H2,20,25)(H,21,26)(H,22,27)(H,23,30)(H,28,29)/t12-,16-/m0/s1. The quantitative estimate of drug-likeness (QED) is 0.397. The molecule has 0 fully saturated rings. The Morgan fingerprint density at radius 3 is 2.47 bits per heavy atom. The van der Waals surface area contributed by atoms with Gasteiger partial charge in [0.25, 0.3) is 0 Å². The molecule has 1 aliphatic heterocycles. The van der Waals surface area contributed by atoms with E-state index in [-0.39, 0.29) is 31.2 Å². The third-order valence-electron chi connectivity index (χ3n) is 4.54. The van der Waals surface area contributed by atoms with Crippen LogP contribution in [0, 0.1) is 5.92 Å². The minimum Gasteiger partial charge on any atom is -0.480 e. The number of para-hydroxylation sites is 2. The highest BCUT2D eigenvalue weighted by Crippen LogP contribution is 2.28. The van der Waals surface area contributed by atoms with Crippen molar-refractivity contribution < 1.29 is 29.1 Å². The molecule has 1 aliphatic rings. The summed E-state index contributed by atoms with van der Waals surface area (Å²) in [4.78, 5) is 60.9. The third kappa shape index (κ3) is 5.69. The Hall–Kier alpha value is -3.63. The molecule has 0 saturated heterocycles. The molecule has 1 heterocycles. The first kappa shape index (κ1) is 22.7. The fourth-order valence-corrected chi connectivity index (χ4v) is 2.97. The minimum absolute atomic E-state index is 0.172. The predicted molar refractivity (Wildman–Crippen MR) is 108 cm³/mol. The molecule has 0 spiro atoms. The number of carbonyl (C=O) groups is 5. The number of hydrogen-bond acceptors (Lipinski definition) is 5. The van der Waals surface area contributed by atoms with E-state index in [9.17, 15) is 29.1 Å². The van der Waals surface area contributed by atoms with Gasteiger partial charge < -0.3 is 26.8 Å². The van der Waals surface area contributed by atoms with Gasteiger partial charge in [-0.3, -0.25) is 19.3 Å². The first-order valence-corrected chi connectivity index (χ1v) is 9.38. The van der Waals surface area contributed by atoms with E-state index in [1.165, 1.54) is 4.90 Å². The van der Waals surface area contributed by atoms with E-state index in [0.717, 1.165) is 0 Å². The summed E-state index contributed by atoms with van der Waals surface area (Å²) in [5.41, 5.74) is 5.98. The highest BCUT2D eigenvalue weighted by Gasteiger charge is 2.32. The number of carboxylic acids is 1. The van der Waals surface area contributed by atoms with Crippen molar-refractivity contribution in [1.82, 2.24) is 10.6 Å².